The van der Waals surface area contributed by atoms with E-state index in [0.717, 1.165) is 12.8 Å². The summed E-state index contributed by atoms with van der Waals surface area (Å²) in [5.74, 6) is 1.01. The highest BCUT2D eigenvalue weighted by Crippen LogP contribution is 2.42. The first-order valence-corrected chi connectivity index (χ1v) is 8.16. The number of hydrogen-bond donors (Lipinski definition) is 1. The smallest absolute Gasteiger partial charge is 0.0579 e. The first-order chi connectivity index (χ1) is 9.98. The molecule has 0 aromatic heterocycles. The highest BCUT2D eigenvalue weighted by Gasteiger charge is 2.39. The van der Waals surface area contributed by atoms with Gasteiger partial charge in [-0.25, -0.2) is 0 Å². The van der Waals surface area contributed by atoms with Gasteiger partial charge in [0.25, 0.3) is 0 Å². The molecule has 0 radical (unpaired) electrons. The molecule has 0 bridgehead atoms. The van der Waals surface area contributed by atoms with Crippen LogP contribution in [0.1, 0.15) is 45.6 Å². The van der Waals surface area contributed by atoms with Crippen LogP contribution in [-0.2, 0) is 5.41 Å². The predicted molar refractivity (Wildman–Crippen MR) is 89.5 cm³/mol. The van der Waals surface area contributed by atoms with Crippen molar-refractivity contribution in [2.75, 3.05) is 0 Å². The van der Waals surface area contributed by atoms with Crippen molar-refractivity contribution in [1.82, 2.24) is 0 Å². The van der Waals surface area contributed by atoms with Crippen LogP contribution in [0.25, 0.3) is 10.8 Å². The highest BCUT2D eigenvalue weighted by molar-refractivity contribution is 5.83. The Morgan fingerprint density at radius 1 is 1.00 bits per heavy atom. The van der Waals surface area contributed by atoms with Gasteiger partial charge in [0.15, 0.2) is 0 Å². The van der Waals surface area contributed by atoms with Crippen LogP contribution in [0.5, 0.6) is 0 Å². The topological polar surface area (TPSA) is 20.2 Å². The Morgan fingerprint density at radius 2 is 1.71 bits per heavy atom. The minimum atomic E-state index is -0.171. The monoisotopic (exact) mass is 282 g/mol. The number of aliphatic hydroxyl groups is 1. The van der Waals surface area contributed by atoms with Crippen LogP contribution in [0.4, 0.5) is 0 Å². The molecule has 0 saturated heterocycles. The third-order valence-electron chi connectivity index (χ3n) is 5.50. The van der Waals surface area contributed by atoms with Crippen LogP contribution in [0.2, 0.25) is 0 Å². The van der Waals surface area contributed by atoms with E-state index in [1.807, 2.05) is 0 Å². The summed E-state index contributed by atoms with van der Waals surface area (Å²) in [6, 6.07) is 15.3. The van der Waals surface area contributed by atoms with E-state index in [0.29, 0.717) is 11.8 Å². The molecule has 1 fully saturated rings. The van der Waals surface area contributed by atoms with Gasteiger partial charge in [-0.15, -0.1) is 0 Å². The van der Waals surface area contributed by atoms with Crippen LogP contribution in [0.3, 0.4) is 0 Å². The quantitative estimate of drug-likeness (QED) is 0.829. The molecule has 2 aromatic rings. The molecule has 1 heteroatoms. The molecule has 112 valence electrons. The number of benzene rings is 2. The lowest BCUT2D eigenvalue weighted by Gasteiger charge is -2.42. The molecule has 0 unspecified atom stereocenters. The van der Waals surface area contributed by atoms with E-state index in [9.17, 15) is 5.11 Å². The average Bonchev–Trinajstić information content (AvgIpc) is 2.46. The Hall–Kier alpha value is -1.34. The van der Waals surface area contributed by atoms with Crippen LogP contribution in [0, 0.1) is 11.8 Å². The second-order valence-electron chi connectivity index (χ2n) is 7.38. The molecule has 1 N–H and O–H groups in total. The highest BCUT2D eigenvalue weighted by atomic mass is 16.3. The normalized spacial score (nSPS) is 27.0. The van der Waals surface area contributed by atoms with Gasteiger partial charge < -0.3 is 5.11 Å². The molecule has 1 saturated carbocycles. The van der Waals surface area contributed by atoms with E-state index in [4.69, 9.17) is 0 Å². The molecule has 0 amide bonds. The second kappa shape index (κ2) is 5.46. The van der Waals surface area contributed by atoms with Gasteiger partial charge in [0.2, 0.25) is 0 Å². The zero-order chi connectivity index (χ0) is 15.0. The minimum Gasteiger partial charge on any atom is -0.393 e. The van der Waals surface area contributed by atoms with E-state index in [-0.39, 0.29) is 11.5 Å². The van der Waals surface area contributed by atoms with Gasteiger partial charge in [-0.1, -0.05) is 69.7 Å². The third-order valence-corrected chi connectivity index (χ3v) is 5.50. The van der Waals surface area contributed by atoms with Crippen molar-refractivity contribution in [3.8, 4) is 0 Å². The van der Waals surface area contributed by atoms with E-state index in [1.54, 1.807) is 0 Å². The zero-order valence-corrected chi connectivity index (χ0v) is 13.3. The fourth-order valence-corrected chi connectivity index (χ4v) is 4.00. The molecule has 3 rings (SSSR count). The van der Waals surface area contributed by atoms with E-state index < -0.39 is 0 Å². The van der Waals surface area contributed by atoms with E-state index in [1.165, 1.54) is 22.8 Å². The number of hydrogen-bond acceptors (Lipinski definition) is 1. The summed E-state index contributed by atoms with van der Waals surface area (Å²) in [5, 5.41) is 13.1. The fourth-order valence-electron chi connectivity index (χ4n) is 4.00. The van der Waals surface area contributed by atoms with Gasteiger partial charge >= 0.3 is 0 Å². The molecule has 1 aliphatic rings. The second-order valence-corrected chi connectivity index (χ2v) is 7.38. The van der Waals surface area contributed by atoms with Crippen molar-refractivity contribution in [2.24, 2.45) is 11.8 Å². The van der Waals surface area contributed by atoms with Crippen molar-refractivity contribution < 1.29 is 5.11 Å². The summed E-state index contributed by atoms with van der Waals surface area (Å²) in [4.78, 5) is 0. The minimum absolute atomic E-state index is 0.0174. The Labute approximate surface area is 128 Å². The van der Waals surface area contributed by atoms with E-state index in [2.05, 4.69) is 63.2 Å². The van der Waals surface area contributed by atoms with Gasteiger partial charge in [0, 0.05) is 0 Å². The Kier molecular flexibility index (Phi) is 3.79. The maximum absolute atomic E-state index is 10.5. The van der Waals surface area contributed by atoms with Gasteiger partial charge in [-0.3, -0.25) is 0 Å². The molecule has 3 atom stereocenters. The maximum Gasteiger partial charge on any atom is 0.0579 e. The predicted octanol–water partition coefficient (Wildman–Crippen LogP) is 4.91. The molecule has 0 heterocycles. The van der Waals surface area contributed by atoms with Gasteiger partial charge in [0.05, 0.1) is 6.10 Å². The van der Waals surface area contributed by atoms with E-state index >= 15 is 0 Å². The number of aliphatic hydroxyl groups excluding tert-OH is 1. The number of rotatable bonds is 2. The van der Waals surface area contributed by atoms with Gasteiger partial charge in [0.1, 0.15) is 0 Å². The molecule has 1 nitrogen and oxygen atoms in total. The summed E-state index contributed by atoms with van der Waals surface area (Å²) in [5.41, 5.74) is 1.36. The lowest BCUT2D eigenvalue weighted by Crippen LogP contribution is -2.41. The first-order valence-electron chi connectivity index (χ1n) is 8.16. The summed E-state index contributed by atoms with van der Waals surface area (Å²) in [6.07, 6.45) is 3.14. The number of fused-ring (bicyclic) bond motifs is 1. The van der Waals surface area contributed by atoms with Crippen molar-refractivity contribution in [2.45, 2.75) is 51.6 Å². The largest absolute Gasteiger partial charge is 0.393 e. The summed E-state index contributed by atoms with van der Waals surface area (Å²) in [7, 11) is 0. The molecule has 0 spiro atoms. The third kappa shape index (κ3) is 2.72. The molecular formula is C20H26O. The molecule has 2 aromatic carbocycles. The van der Waals surface area contributed by atoms with Crippen LogP contribution in [-0.4, -0.2) is 11.2 Å². The molecule has 0 aliphatic heterocycles. The van der Waals surface area contributed by atoms with Gasteiger partial charge in [-0.2, -0.15) is 0 Å². The van der Waals surface area contributed by atoms with Crippen molar-refractivity contribution in [3.63, 3.8) is 0 Å². The molecule has 1 aliphatic carbocycles. The zero-order valence-electron chi connectivity index (χ0n) is 13.3. The Bertz CT molecular complexity index is 629. The van der Waals surface area contributed by atoms with Crippen LogP contribution < -0.4 is 0 Å². The molecular weight excluding hydrogens is 256 g/mol. The lowest BCUT2D eigenvalue weighted by atomic mass is 9.64. The average molecular weight is 282 g/mol. The SMILES string of the molecule is C[C@@H]1CC[C@@H](C(C)(C)c2ccc3ccccc3c2)[C@H](O)C1. The summed E-state index contributed by atoms with van der Waals surface area (Å²) >= 11 is 0. The standard InChI is InChI=1S/C20H26O/c1-14-8-11-18(19(21)12-14)20(2,3)17-10-9-15-6-4-5-7-16(15)13-17/h4-7,9-10,13-14,18-19,21H,8,11-12H2,1-3H3/t14-,18-,19-/m1/s1. The summed E-state index contributed by atoms with van der Waals surface area (Å²) < 4.78 is 0. The summed E-state index contributed by atoms with van der Waals surface area (Å²) in [6.45, 7) is 6.84. The molecule has 21 heavy (non-hydrogen) atoms. The maximum atomic E-state index is 10.5. The first kappa shape index (κ1) is 14.6. The lowest BCUT2D eigenvalue weighted by molar-refractivity contribution is 0.0144. The van der Waals surface area contributed by atoms with Crippen molar-refractivity contribution in [3.05, 3.63) is 48.0 Å². The fraction of sp³-hybridized carbons (Fsp3) is 0.500. The van der Waals surface area contributed by atoms with Crippen molar-refractivity contribution in [1.29, 1.82) is 0 Å². The van der Waals surface area contributed by atoms with Crippen LogP contribution >= 0.6 is 0 Å². The Balaban J connectivity index is 1.95. The van der Waals surface area contributed by atoms with Crippen molar-refractivity contribution >= 4 is 10.8 Å². The van der Waals surface area contributed by atoms with Crippen LogP contribution in [0.15, 0.2) is 42.5 Å². The van der Waals surface area contributed by atoms with Gasteiger partial charge in [-0.05, 0) is 46.4 Å². The Morgan fingerprint density at radius 3 is 2.43 bits per heavy atom.